The zero-order chi connectivity index (χ0) is 11.7. The molecule has 1 unspecified atom stereocenters. The van der Waals surface area contributed by atoms with Crippen LogP contribution in [0.25, 0.3) is 0 Å². The van der Waals surface area contributed by atoms with Crippen LogP contribution in [0.3, 0.4) is 0 Å². The molecule has 0 aromatic carbocycles. The third-order valence-electron chi connectivity index (χ3n) is 3.56. The summed E-state index contributed by atoms with van der Waals surface area (Å²) in [6, 6.07) is 5.37. The normalized spacial score (nSPS) is 24.9. The zero-order valence-corrected chi connectivity index (χ0v) is 9.89. The van der Waals surface area contributed by atoms with Gasteiger partial charge in [0, 0.05) is 43.1 Å². The van der Waals surface area contributed by atoms with E-state index in [1.54, 1.807) is 6.20 Å². The number of anilines is 2. The Kier molecular flexibility index (Phi) is 2.86. The zero-order valence-electron chi connectivity index (χ0n) is 9.89. The molecule has 2 aliphatic rings. The van der Waals surface area contributed by atoms with E-state index in [1.165, 1.54) is 32.4 Å². The largest absolute Gasteiger partial charge is 0.381 e. The van der Waals surface area contributed by atoms with E-state index in [1.807, 2.05) is 12.1 Å². The summed E-state index contributed by atoms with van der Waals surface area (Å²) >= 11 is 0. The Hall–Kier alpha value is -1.33. The smallest absolute Gasteiger partial charge is 0.141 e. The molecule has 0 bridgehead atoms. The number of nitrogens with one attached hydrogen (secondary N) is 2. The Morgan fingerprint density at radius 1 is 1.35 bits per heavy atom. The number of hydrazine groups is 1. The monoisotopic (exact) mass is 233 g/mol. The minimum absolute atomic E-state index is 0.559. The highest BCUT2D eigenvalue weighted by Crippen LogP contribution is 2.30. The van der Waals surface area contributed by atoms with Crippen LogP contribution < -0.4 is 16.6 Å². The Bertz CT molecular complexity index is 390. The highest BCUT2D eigenvalue weighted by atomic mass is 15.3. The number of hydrogen-bond donors (Lipinski definition) is 3. The van der Waals surface area contributed by atoms with Gasteiger partial charge in [-0.25, -0.2) is 10.8 Å². The molecule has 0 amide bonds. The van der Waals surface area contributed by atoms with Crippen LogP contribution in [0.5, 0.6) is 0 Å². The predicted molar refractivity (Wildman–Crippen MR) is 68.7 cm³/mol. The second kappa shape index (κ2) is 4.50. The van der Waals surface area contributed by atoms with Crippen molar-refractivity contribution in [3.63, 3.8) is 0 Å². The number of likely N-dealkylation sites (tertiary alicyclic amines) is 1. The van der Waals surface area contributed by atoms with Gasteiger partial charge in [-0.3, -0.25) is 4.90 Å². The molecule has 1 aromatic rings. The summed E-state index contributed by atoms with van der Waals surface area (Å²) in [4.78, 5) is 6.70. The van der Waals surface area contributed by atoms with Crippen molar-refractivity contribution in [3.8, 4) is 0 Å². The van der Waals surface area contributed by atoms with Crippen LogP contribution in [-0.4, -0.2) is 35.1 Å². The average molecular weight is 233 g/mol. The van der Waals surface area contributed by atoms with E-state index in [-0.39, 0.29) is 0 Å². The molecule has 0 radical (unpaired) electrons. The van der Waals surface area contributed by atoms with Crippen LogP contribution in [0.1, 0.15) is 19.3 Å². The molecule has 92 valence electrons. The molecule has 1 aliphatic heterocycles. The fraction of sp³-hybridized carbons (Fsp3) is 0.583. The lowest BCUT2D eigenvalue weighted by Crippen LogP contribution is -2.27. The maximum absolute atomic E-state index is 5.35. The average Bonchev–Trinajstić information content (AvgIpc) is 3.11. The molecule has 1 atom stereocenters. The molecule has 2 heterocycles. The predicted octanol–water partition coefficient (Wildman–Crippen LogP) is 1.02. The molecular weight excluding hydrogens is 214 g/mol. The highest BCUT2D eigenvalue weighted by Gasteiger charge is 2.34. The topological polar surface area (TPSA) is 66.2 Å². The summed E-state index contributed by atoms with van der Waals surface area (Å²) in [5.41, 5.74) is 3.66. The van der Waals surface area contributed by atoms with Gasteiger partial charge in [0.05, 0.1) is 0 Å². The molecule has 17 heavy (non-hydrogen) atoms. The summed E-state index contributed by atoms with van der Waals surface area (Å²) in [5.74, 6) is 6.05. The molecule has 1 aromatic heterocycles. The fourth-order valence-corrected chi connectivity index (χ4v) is 2.51. The minimum atomic E-state index is 0.559. The van der Waals surface area contributed by atoms with Crippen molar-refractivity contribution in [2.45, 2.75) is 31.3 Å². The maximum atomic E-state index is 5.35. The Morgan fingerprint density at radius 3 is 3.00 bits per heavy atom. The molecule has 4 N–H and O–H groups in total. The van der Waals surface area contributed by atoms with E-state index >= 15 is 0 Å². The third kappa shape index (κ3) is 2.50. The van der Waals surface area contributed by atoms with Gasteiger partial charge in [0.25, 0.3) is 0 Å². The number of rotatable bonds is 4. The number of nitrogen functional groups attached to an aromatic ring is 1. The quantitative estimate of drug-likeness (QED) is 0.535. The summed E-state index contributed by atoms with van der Waals surface area (Å²) < 4.78 is 0. The van der Waals surface area contributed by atoms with E-state index in [2.05, 4.69) is 20.6 Å². The maximum Gasteiger partial charge on any atom is 0.141 e. The second-order valence-corrected chi connectivity index (χ2v) is 4.93. The van der Waals surface area contributed by atoms with E-state index < -0.39 is 0 Å². The Balaban J connectivity index is 1.59. The first-order valence-electron chi connectivity index (χ1n) is 6.28. The van der Waals surface area contributed by atoms with Crippen molar-refractivity contribution in [2.75, 3.05) is 23.8 Å². The van der Waals surface area contributed by atoms with E-state index in [0.717, 1.165) is 11.7 Å². The van der Waals surface area contributed by atoms with Crippen LogP contribution in [-0.2, 0) is 0 Å². The Morgan fingerprint density at radius 2 is 2.24 bits per heavy atom. The van der Waals surface area contributed by atoms with Crippen LogP contribution >= 0.6 is 0 Å². The minimum Gasteiger partial charge on any atom is -0.381 e. The van der Waals surface area contributed by atoms with Gasteiger partial charge < -0.3 is 10.7 Å². The highest BCUT2D eigenvalue weighted by molar-refractivity contribution is 5.52. The first-order valence-corrected chi connectivity index (χ1v) is 6.28. The van der Waals surface area contributed by atoms with Crippen molar-refractivity contribution in [3.05, 3.63) is 18.3 Å². The van der Waals surface area contributed by atoms with Gasteiger partial charge in [0.15, 0.2) is 0 Å². The van der Waals surface area contributed by atoms with E-state index in [9.17, 15) is 0 Å². The number of nitrogens with zero attached hydrogens (tertiary/aromatic N) is 2. The fourth-order valence-electron chi connectivity index (χ4n) is 2.51. The van der Waals surface area contributed by atoms with Crippen LogP contribution in [0.4, 0.5) is 11.5 Å². The second-order valence-electron chi connectivity index (χ2n) is 4.93. The van der Waals surface area contributed by atoms with E-state index in [0.29, 0.717) is 11.9 Å². The van der Waals surface area contributed by atoms with Gasteiger partial charge in [0.2, 0.25) is 0 Å². The lowest BCUT2D eigenvalue weighted by Gasteiger charge is -2.16. The summed E-state index contributed by atoms with van der Waals surface area (Å²) in [5, 5.41) is 3.55. The van der Waals surface area contributed by atoms with Gasteiger partial charge in [-0.2, -0.15) is 0 Å². The molecule has 5 heteroatoms. The summed E-state index contributed by atoms with van der Waals surface area (Å²) in [6.07, 6.45) is 5.78. The first kappa shape index (κ1) is 10.8. The van der Waals surface area contributed by atoms with Crippen LogP contribution in [0.15, 0.2) is 18.3 Å². The van der Waals surface area contributed by atoms with Crippen LogP contribution in [0.2, 0.25) is 0 Å². The molecule has 1 saturated heterocycles. The van der Waals surface area contributed by atoms with Crippen molar-refractivity contribution < 1.29 is 0 Å². The Labute approximate surface area is 101 Å². The number of hydrogen-bond acceptors (Lipinski definition) is 5. The molecule has 0 spiro atoms. The van der Waals surface area contributed by atoms with Gasteiger partial charge >= 0.3 is 0 Å². The summed E-state index contributed by atoms with van der Waals surface area (Å²) in [6.45, 7) is 2.40. The third-order valence-corrected chi connectivity index (χ3v) is 3.56. The lowest BCUT2D eigenvalue weighted by molar-refractivity contribution is 0.326. The van der Waals surface area contributed by atoms with Crippen molar-refractivity contribution in [1.82, 2.24) is 9.88 Å². The standard InChI is InChI=1S/C12H19N5/c13-16-12-7-9(3-5-14-12)15-10-4-6-17(8-10)11-1-2-11/h3,5,7,10-11H,1-2,4,6,8,13H2,(H2,14,15,16). The van der Waals surface area contributed by atoms with Crippen LogP contribution in [0, 0.1) is 0 Å². The molecule has 2 fully saturated rings. The molecule has 1 aliphatic carbocycles. The van der Waals surface area contributed by atoms with Crippen molar-refractivity contribution in [1.29, 1.82) is 0 Å². The van der Waals surface area contributed by atoms with Gasteiger partial charge in [-0.1, -0.05) is 0 Å². The number of aromatic nitrogens is 1. The molecule has 5 nitrogen and oxygen atoms in total. The van der Waals surface area contributed by atoms with Gasteiger partial charge in [-0.05, 0) is 25.3 Å². The van der Waals surface area contributed by atoms with Crippen molar-refractivity contribution in [2.24, 2.45) is 5.84 Å². The summed E-state index contributed by atoms with van der Waals surface area (Å²) in [7, 11) is 0. The number of pyridine rings is 1. The molecular formula is C12H19N5. The van der Waals surface area contributed by atoms with E-state index in [4.69, 9.17) is 5.84 Å². The number of nitrogens with two attached hydrogens (primary N) is 1. The van der Waals surface area contributed by atoms with Gasteiger partial charge in [0.1, 0.15) is 5.82 Å². The molecule has 3 rings (SSSR count). The van der Waals surface area contributed by atoms with Crippen molar-refractivity contribution >= 4 is 11.5 Å². The molecule has 1 saturated carbocycles. The SMILES string of the molecule is NNc1cc(NC2CCN(C3CC3)C2)ccn1. The first-order chi connectivity index (χ1) is 8.35. The lowest BCUT2D eigenvalue weighted by atomic mass is 10.2. The van der Waals surface area contributed by atoms with Gasteiger partial charge in [-0.15, -0.1) is 0 Å².